The van der Waals surface area contributed by atoms with Crippen molar-refractivity contribution >= 4 is 0 Å². The van der Waals surface area contributed by atoms with Crippen LogP contribution in [0.5, 0.6) is 0 Å². The molecule has 4 bridgehead atoms. The summed E-state index contributed by atoms with van der Waals surface area (Å²) in [5.74, 6) is 0. The fourth-order valence-electron chi connectivity index (χ4n) is 4.75. The van der Waals surface area contributed by atoms with Gasteiger partial charge in [-0.2, -0.15) is 0 Å². The predicted octanol–water partition coefficient (Wildman–Crippen LogP) is 3.27. The Labute approximate surface area is 113 Å². The quantitative estimate of drug-likeness (QED) is 0.651. The lowest BCUT2D eigenvalue weighted by atomic mass is 9.83. The zero-order chi connectivity index (χ0) is 12.5. The van der Waals surface area contributed by atoms with E-state index in [4.69, 9.17) is 0 Å². The molecule has 0 saturated carbocycles. The first-order chi connectivity index (χ1) is 8.75. The van der Waals surface area contributed by atoms with E-state index in [2.05, 4.69) is 23.9 Å². The normalized spacial score (nSPS) is 43.7. The van der Waals surface area contributed by atoms with Crippen molar-refractivity contribution in [3.63, 3.8) is 0 Å². The highest BCUT2D eigenvalue weighted by Gasteiger charge is 2.33. The number of fused-ring (bicyclic) bond motifs is 4. The third-order valence-electron chi connectivity index (χ3n) is 6.12. The lowest BCUT2D eigenvalue weighted by Crippen LogP contribution is -2.49. The van der Waals surface area contributed by atoms with Gasteiger partial charge in [0.25, 0.3) is 0 Å². The summed E-state index contributed by atoms with van der Waals surface area (Å²) in [4.78, 5) is 5.48. The summed E-state index contributed by atoms with van der Waals surface area (Å²) in [6, 6.07) is 3.54. The fraction of sp³-hybridized carbons (Fsp3) is 1.00. The Morgan fingerprint density at radius 1 is 0.500 bits per heavy atom. The van der Waals surface area contributed by atoms with Gasteiger partial charge in [0.2, 0.25) is 0 Å². The van der Waals surface area contributed by atoms with Crippen molar-refractivity contribution in [3.05, 3.63) is 0 Å². The zero-order valence-electron chi connectivity index (χ0n) is 12.3. The molecule has 0 spiro atoms. The molecule has 18 heavy (non-hydrogen) atoms. The van der Waals surface area contributed by atoms with Crippen LogP contribution < -0.4 is 0 Å². The monoisotopic (exact) mass is 250 g/mol. The van der Waals surface area contributed by atoms with Gasteiger partial charge in [0.1, 0.15) is 0 Å². The fourth-order valence-corrected chi connectivity index (χ4v) is 4.75. The molecule has 0 amide bonds. The second-order valence-electron chi connectivity index (χ2n) is 6.96. The Hall–Kier alpha value is -0.0800. The molecule has 3 rings (SSSR count). The van der Waals surface area contributed by atoms with Gasteiger partial charge in [0.05, 0.1) is 0 Å². The van der Waals surface area contributed by atoms with Crippen LogP contribution in [0.2, 0.25) is 0 Å². The SMILES string of the molecule is CN1[C@H]2CCC[C@H]1CC[C@@H]1CCC[C@@H](CC2)N1C. The van der Waals surface area contributed by atoms with Crippen LogP contribution in [0.1, 0.15) is 64.2 Å². The van der Waals surface area contributed by atoms with Crippen molar-refractivity contribution in [2.45, 2.75) is 88.4 Å². The zero-order valence-corrected chi connectivity index (χ0v) is 12.3. The first kappa shape index (κ1) is 12.9. The van der Waals surface area contributed by atoms with Crippen LogP contribution in [-0.2, 0) is 0 Å². The minimum atomic E-state index is 0.885. The molecule has 3 aliphatic heterocycles. The highest BCUT2D eigenvalue weighted by molar-refractivity contribution is 4.90. The first-order valence-electron chi connectivity index (χ1n) is 8.19. The molecule has 0 aromatic rings. The Balaban J connectivity index is 1.74. The number of hydrogen-bond donors (Lipinski definition) is 0. The smallest absolute Gasteiger partial charge is 0.00957 e. The van der Waals surface area contributed by atoms with Gasteiger partial charge in [-0.25, -0.2) is 0 Å². The Morgan fingerprint density at radius 2 is 0.778 bits per heavy atom. The Bertz CT molecular complexity index is 226. The maximum Gasteiger partial charge on any atom is 0.00957 e. The maximum absolute atomic E-state index is 2.74. The molecule has 0 aliphatic carbocycles. The largest absolute Gasteiger partial charge is 0.300 e. The molecule has 3 saturated heterocycles. The van der Waals surface area contributed by atoms with Crippen LogP contribution in [0.4, 0.5) is 0 Å². The first-order valence-corrected chi connectivity index (χ1v) is 8.19. The molecule has 3 fully saturated rings. The number of rotatable bonds is 0. The predicted molar refractivity (Wildman–Crippen MR) is 76.8 cm³/mol. The number of hydrogen-bond acceptors (Lipinski definition) is 2. The molecule has 104 valence electrons. The van der Waals surface area contributed by atoms with Crippen LogP contribution in [0.25, 0.3) is 0 Å². The van der Waals surface area contributed by atoms with Crippen LogP contribution in [0, 0.1) is 0 Å². The van der Waals surface area contributed by atoms with E-state index in [1.807, 2.05) is 0 Å². The van der Waals surface area contributed by atoms with E-state index in [1.54, 1.807) is 0 Å². The van der Waals surface area contributed by atoms with E-state index < -0.39 is 0 Å². The van der Waals surface area contributed by atoms with Gasteiger partial charge in [0, 0.05) is 24.2 Å². The van der Waals surface area contributed by atoms with Crippen molar-refractivity contribution in [2.75, 3.05) is 14.1 Å². The van der Waals surface area contributed by atoms with Gasteiger partial charge in [-0.05, 0) is 65.5 Å². The van der Waals surface area contributed by atoms with Crippen LogP contribution in [-0.4, -0.2) is 48.1 Å². The summed E-state index contributed by atoms with van der Waals surface area (Å²) in [6.45, 7) is 0. The summed E-state index contributed by atoms with van der Waals surface area (Å²) in [6.07, 6.45) is 14.5. The van der Waals surface area contributed by atoms with Crippen molar-refractivity contribution in [1.82, 2.24) is 9.80 Å². The van der Waals surface area contributed by atoms with E-state index in [0.717, 1.165) is 24.2 Å². The number of nitrogens with zero attached hydrogens (tertiary/aromatic N) is 2. The Morgan fingerprint density at radius 3 is 1.06 bits per heavy atom. The molecular formula is C16H30N2. The van der Waals surface area contributed by atoms with Gasteiger partial charge in [-0.15, -0.1) is 0 Å². The summed E-state index contributed by atoms with van der Waals surface area (Å²) in [5.41, 5.74) is 0. The van der Waals surface area contributed by atoms with Crippen molar-refractivity contribution in [2.24, 2.45) is 0 Å². The summed E-state index contributed by atoms with van der Waals surface area (Å²) in [5, 5.41) is 0. The third kappa shape index (κ3) is 2.46. The minimum absolute atomic E-state index is 0.885. The second kappa shape index (κ2) is 5.50. The Kier molecular flexibility index (Phi) is 3.95. The molecular weight excluding hydrogens is 220 g/mol. The van der Waals surface area contributed by atoms with E-state index in [0.29, 0.717) is 0 Å². The lowest BCUT2D eigenvalue weighted by Gasteiger charge is -2.46. The molecule has 4 atom stereocenters. The van der Waals surface area contributed by atoms with Crippen LogP contribution in [0.15, 0.2) is 0 Å². The van der Waals surface area contributed by atoms with Gasteiger partial charge in [-0.1, -0.05) is 12.8 Å². The standard InChI is InChI=1S/C16H30N2/c1-17-13-5-3-6-14(17)10-12-16-8-4-7-15(11-9-13)18(16)2/h13-16H,3-12H2,1-2H3/t13-,14-,15-,16-/m0/s1. The maximum atomic E-state index is 2.74. The van der Waals surface area contributed by atoms with Crippen molar-refractivity contribution in [1.29, 1.82) is 0 Å². The molecule has 2 nitrogen and oxygen atoms in total. The van der Waals surface area contributed by atoms with Crippen LogP contribution in [0.3, 0.4) is 0 Å². The van der Waals surface area contributed by atoms with Gasteiger partial charge in [0.15, 0.2) is 0 Å². The van der Waals surface area contributed by atoms with Crippen LogP contribution >= 0.6 is 0 Å². The molecule has 0 radical (unpaired) electrons. The summed E-state index contributed by atoms with van der Waals surface area (Å²) < 4.78 is 0. The average molecular weight is 250 g/mol. The van der Waals surface area contributed by atoms with E-state index in [9.17, 15) is 0 Å². The molecule has 0 aromatic carbocycles. The summed E-state index contributed by atoms with van der Waals surface area (Å²) >= 11 is 0. The third-order valence-corrected chi connectivity index (χ3v) is 6.12. The van der Waals surface area contributed by atoms with E-state index in [-0.39, 0.29) is 0 Å². The average Bonchev–Trinajstić information content (AvgIpc) is 2.38. The van der Waals surface area contributed by atoms with E-state index >= 15 is 0 Å². The topological polar surface area (TPSA) is 6.48 Å². The molecule has 0 aromatic heterocycles. The minimum Gasteiger partial charge on any atom is -0.300 e. The van der Waals surface area contributed by atoms with Crippen molar-refractivity contribution in [3.8, 4) is 0 Å². The second-order valence-corrected chi connectivity index (χ2v) is 6.96. The summed E-state index contributed by atoms with van der Waals surface area (Å²) in [7, 11) is 4.80. The molecule has 0 unspecified atom stereocenters. The molecule has 0 N–H and O–H groups in total. The molecule has 2 heteroatoms. The highest BCUT2D eigenvalue weighted by Crippen LogP contribution is 2.34. The molecule has 3 aliphatic rings. The number of piperidine rings is 2. The lowest BCUT2D eigenvalue weighted by molar-refractivity contribution is 0.0425. The van der Waals surface area contributed by atoms with Gasteiger partial charge >= 0.3 is 0 Å². The molecule has 3 heterocycles. The van der Waals surface area contributed by atoms with Crippen molar-refractivity contribution < 1.29 is 0 Å². The highest BCUT2D eigenvalue weighted by atomic mass is 15.2. The van der Waals surface area contributed by atoms with E-state index in [1.165, 1.54) is 64.2 Å². The van der Waals surface area contributed by atoms with Gasteiger partial charge < -0.3 is 9.80 Å². The van der Waals surface area contributed by atoms with Gasteiger partial charge in [-0.3, -0.25) is 0 Å².